The fourth-order valence-electron chi connectivity index (χ4n) is 3.58. The van der Waals surface area contributed by atoms with E-state index in [0.717, 1.165) is 23.1 Å². The number of aliphatic carboxylic acids is 1. The van der Waals surface area contributed by atoms with Crippen LogP contribution in [0.2, 0.25) is 0 Å². The first-order valence-electron chi connectivity index (χ1n) is 10.2. The second-order valence-electron chi connectivity index (χ2n) is 8.52. The van der Waals surface area contributed by atoms with Gasteiger partial charge in [-0.15, -0.1) is 0 Å². The zero-order valence-electron chi connectivity index (χ0n) is 17.9. The second-order valence-corrected chi connectivity index (χ2v) is 8.52. The summed E-state index contributed by atoms with van der Waals surface area (Å²) in [6.45, 7) is 5.14. The van der Waals surface area contributed by atoms with Gasteiger partial charge in [-0.2, -0.15) is 0 Å². The number of carbonyl (C=O) groups excluding carboxylic acids is 2. The van der Waals surface area contributed by atoms with Crippen LogP contribution in [0.3, 0.4) is 0 Å². The van der Waals surface area contributed by atoms with E-state index in [9.17, 15) is 14.4 Å². The average Bonchev–Trinajstić information content (AvgIpc) is 3.07. The summed E-state index contributed by atoms with van der Waals surface area (Å²) in [5.41, 5.74) is 4.79. The van der Waals surface area contributed by atoms with Crippen LogP contribution in [0.4, 0.5) is 4.79 Å². The normalized spacial score (nSPS) is 13.0. The van der Waals surface area contributed by atoms with Gasteiger partial charge < -0.3 is 19.9 Å². The van der Waals surface area contributed by atoms with Crippen LogP contribution in [-0.4, -0.2) is 34.8 Å². The lowest BCUT2D eigenvalue weighted by Crippen LogP contribution is -2.44. The van der Waals surface area contributed by atoms with Crippen LogP contribution in [0.5, 0.6) is 0 Å². The first-order chi connectivity index (χ1) is 14.6. The number of esters is 1. The number of ether oxygens (including phenoxy) is 2. The lowest BCUT2D eigenvalue weighted by atomic mass is 10.0. The molecule has 0 fully saturated rings. The van der Waals surface area contributed by atoms with Crippen LogP contribution in [0, 0.1) is 0 Å². The zero-order chi connectivity index (χ0) is 22.6. The molecule has 0 aromatic heterocycles. The van der Waals surface area contributed by atoms with Gasteiger partial charge in [-0.1, -0.05) is 42.5 Å². The Labute approximate surface area is 181 Å². The molecule has 1 atom stereocenters. The van der Waals surface area contributed by atoms with E-state index in [0.29, 0.717) is 0 Å². The minimum Gasteiger partial charge on any atom is -0.481 e. The molecule has 1 amide bonds. The third-order valence-electron chi connectivity index (χ3n) is 4.94. The highest BCUT2D eigenvalue weighted by Crippen LogP contribution is 2.38. The summed E-state index contributed by atoms with van der Waals surface area (Å²) in [5.74, 6) is -1.76. The molecular weight excluding hydrogens is 398 g/mol. The Hall–Kier alpha value is -3.35. The molecule has 7 nitrogen and oxygen atoms in total. The predicted octanol–water partition coefficient (Wildman–Crippen LogP) is 4.06. The summed E-state index contributed by atoms with van der Waals surface area (Å²) >= 11 is 0. The van der Waals surface area contributed by atoms with Gasteiger partial charge in [0, 0.05) is 6.42 Å². The van der Waals surface area contributed by atoms with Crippen molar-refractivity contribution in [3.05, 3.63) is 59.2 Å². The van der Waals surface area contributed by atoms with Crippen molar-refractivity contribution < 1.29 is 29.0 Å². The topological polar surface area (TPSA) is 102 Å². The number of carbonyl (C=O) groups is 3. The van der Waals surface area contributed by atoms with E-state index in [2.05, 4.69) is 23.5 Å². The van der Waals surface area contributed by atoms with Crippen molar-refractivity contribution in [1.82, 2.24) is 5.32 Å². The molecule has 1 aliphatic rings. The minimum atomic E-state index is -1.10. The molecule has 0 aliphatic heterocycles. The monoisotopic (exact) mass is 425 g/mol. The Kier molecular flexibility index (Phi) is 6.63. The summed E-state index contributed by atoms with van der Waals surface area (Å²) < 4.78 is 10.7. The lowest BCUT2D eigenvalue weighted by molar-refractivity contribution is -0.157. The zero-order valence-corrected chi connectivity index (χ0v) is 17.9. The van der Waals surface area contributed by atoms with Crippen LogP contribution in [0.15, 0.2) is 42.5 Å². The molecule has 3 rings (SSSR count). The number of amides is 1. The Balaban J connectivity index is 1.64. The van der Waals surface area contributed by atoms with Gasteiger partial charge in [-0.05, 0) is 61.4 Å². The molecule has 31 heavy (non-hydrogen) atoms. The van der Waals surface area contributed by atoms with E-state index in [1.807, 2.05) is 24.3 Å². The SMILES string of the molecule is CC(C)(C)OC(=O)C(CCC(=O)O)NC(=O)OCc1cccc2c1Cc1ccccc1-2. The van der Waals surface area contributed by atoms with Gasteiger partial charge in [0.15, 0.2) is 0 Å². The van der Waals surface area contributed by atoms with Crippen molar-refractivity contribution in [2.24, 2.45) is 0 Å². The van der Waals surface area contributed by atoms with Gasteiger partial charge >= 0.3 is 18.0 Å². The number of hydrogen-bond acceptors (Lipinski definition) is 5. The molecule has 7 heteroatoms. The number of hydrogen-bond donors (Lipinski definition) is 2. The highest BCUT2D eigenvalue weighted by molar-refractivity contribution is 5.82. The average molecular weight is 425 g/mol. The first kappa shape index (κ1) is 22.3. The van der Waals surface area contributed by atoms with Crippen molar-refractivity contribution >= 4 is 18.0 Å². The van der Waals surface area contributed by atoms with Crippen LogP contribution in [0.1, 0.15) is 50.3 Å². The van der Waals surface area contributed by atoms with E-state index < -0.39 is 29.7 Å². The van der Waals surface area contributed by atoms with Crippen LogP contribution in [0.25, 0.3) is 11.1 Å². The van der Waals surface area contributed by atoms with Crippen molar-refractivity contribution in [2.45, 2.75) is 58.3 Å². The maximum absolute atomic E-state index is 12.4. The number of benzene rings is 2. The van der Waals surface area contributed by atoms with Gasteiger partial charge in [-0.3, -0.25) is 4.79 Å². The molecule has 2 aromatic rings. The van der Waals surface area contributed by atoms with Gasteiger partial charge in [-0.25, -0.2) is 9.59 Å². The van der Waals surface area contributed by atoms with Crippen molar-refractivity contribution in [3.63, 3.8) is 0 Å². The molecule has 0 radical (unpaired) electrons. The van der Waals surface area contributed by atoms with Gasteiger partial charge in [0.25, 0.3) is 0 Å². The van der Waals surface area contributed by atoms with Gasteiger partial charge in [0.05, 0.1) is 0 Å². The number of fused-ring (bicyclic) bond motifs is 3. The molecule has 2 N–H and O–H groups in total. The first-order valence-corrected chi connectivity index (χ1v) is 10.2. The maximum atomic E-state index is 12.4. The maximum Gasteiger partial charge on any atom is 0.408 e. The summed E-state index contributed by atoms with van der Waals surface area (Å²) in [5, 5.41) is 11.4. The molecular formula is C24H27NO6. The molecule has 1 unspecified atom stereocenters. The Morgan fingerprint density at radius 1 is 1.06 bits per heavy atom. The molecule has 0 bridgehead atoms. The molecule has 164 valence electrons. The van der Waals surface area contributed by atoms with Gasteiger partial charge in [0.2, 0.25) is 0 Å². The van der Waals surface area contributed by atoms with Crippen LogP contribution in [-0.2, 0) is 32.1 Å². The largest absolute Gasteiger partial charge is 0.481 e. The highest BCUT2D eigenvalue weighted by atomic mass is 16.6. The lowest BCUT2D eigenvalue weighted by Gasteiger charge is -2.24. The van der Waals surface area contributed by atoms with E-state index in [1.165, 1.54) is 11.1 Å². The summed E-state index contributed by atoms with van der Waals surface area (Å²) in [4.78, 5) is 35.7. The van der Waals surface area contributed by atoms with Crippen molar-refractivity contribution in [2.75, 3.05) is 0 Å². The molecule has 2 aromatic carbocycles. The molecule has 0 spiro atoms. The summed E-state index contributed by atoms with van der Waals surface area (Å²) in [6, 6.07) is 12.9. The Morgan fingerprint density at radius 2 is 1.77 bits per heavy atom. The van der Waals surface area contributed by atoms with E-state index in [-0.39, 0.29) is 19.4 Å². The van der Waals surface area contributed by atoms with E-state index in [4.69, 9.17) is 14.6 Å². The summed E-state index contributed by atoms with van der Waals surface area (Å²) in [6.07, 6.45) is -0.398. The minimum absolute atomic E-state index is 0.0446. The number of alkyl carbamates (subject to hydrolysis) is 1. The predicted molar refractivity (Wildman–Crippen MR) is 115 cm³/mol. The van der Waals surface area contributed by atoms with Crippen LogP contribution < -0.4 is 5.32 Å². The van der Waals surface area contributed by atoms with Crippen molar-refractivity contribution in [1.29, 1.82) is 0 Å². The molecule has 1 aliphatic carbocycles. The third-order valence-corrected chi connectivity index (χ3v) is 4.94. The molecule has 0 heterocycles. The number of rotatable bonds is 7. The third kappa shape index (κ3) is 5.84. The molecule has 0 saturated heterocycles. The van der Waals surface area contributed by atoms with E-state index in [1.54, 1.807) is 20.8 Å². The highest BCUT2D eigenvalue weighted by Gasteiger charge is 2.28. The molecule has 0 saturated carbocycles. The fourth-order valence-corrected chi connectivity index (χ4v) is 3.58. The number of carboxylic acids is 1. The smallest absolute Gasteiger partial charge is 0.408 e. The quantitative estimate of drug-likeness (QED) is 0.554. The second kappa shape index (κ2) is 9.20. The van der Waals surface area contributed by atoms with E-state index >= 15 is 0 Å². The summed E-state index contributed by atoms with van der Waals surface area (Å²) in [7, 11) is 0. The fraction of sp³-hybridized carbons (Fsp3) is 0.375. The Morgan fingerprint density at radius 3 is 2.48 bits per heavy atom. The number of nitrogens with one attached hydrogen (secondary N) is 1. The Bertz CT molecular complexity index is 992. The standard InChI is InChI=1S/C24H27NO6/c1-24(2,3)31-22(28)20(11-12-21(26)27)25-23(29)30-14-16-8-6-10-18-17-9-5-4-7-15(17)13-19(16)18/h4-10,20H,11-14H2,1-3H3,(H,25,29)(H,26,27). The number of carboxylic acid groups (broad SMARTS) is 1. The van der Waals surface area contributed by atoms with Crippen molar-refractivity contribution in [3.8, 4) is 11.1 Å². The van der Waals surface area contributed by atoms with Gasteiger partial charge in [0.1, 0.15) is 18.2 Å². The van der Waals surface area contributed by atoms with Crippen LogP contribution >= 0.6 is 0 Å².